The fourth-order valence-electron chi connectivity index (χ4n) is 15.8. The molecule has 2 heterocycles. The Hall–Kier alpha value is -7.62. The van der Waals surface area contributed by atoms with E-state index in [1.54, 1.807) is 0 Å². The summed E-state index contributed by atoms with van der Waals surface area (Å²) in [5.74, 6) is -0.583. The lowest BCUT2D eigenvalue weighted by Gasteiger charge is -2.36. The zero-order valence-electron chi connectivity index (χ0n) is 38.4. The van der Waals surface area contributed by atoms with E-state index in [4.69, 9.17) is 0 Å². The monoisotopic (exact) mass is 869 g/mol. The van der Waals surface area contributed by atoms with E-state index in [9.17, 15) is 0 Å². The van der Waals surface area contributed by atoms with Gasteiger partial charge in [0.05, 0.1) is 28.4 Å². The summed E-state index contributed by atoms with van der Waals surface area (Å²) in [6.45, 7) is 12.1. The van der Waals surface area contributed by atoms with Gasteiger partial charge in [0.1, 0.15) is 0 Å². The molecule has 9 aromatic carbocycles. The van der Waals surface area contributed by atoms with Crippen LogP contribution in [0, 0.1) is 6.92 Å². The van der Waals surface area contributed by atoms with Crippen LogP contribution in [0.3, 0.4) is 0 Å². The van der Waals surface area contributed by atoms with Crippen molar-refractivity contribution in [2.45, 2.75) is 69.1 Å². The van der Waals surface area contributed by atoms with Gasteiger partial charge in [-0.3, -0.25) is 9.59 Å². The van der Waals surface area contributed by atoms with Gasteiger partial charge in [0.15, 0.2) is 11.6 Å². The van der Waals surface area contributed by atoms with Crippen molar-refractivity contribution in [2.24, 2.45) is 0 Å². The molecule has 0 aliphatic heterocycles. The predicted octanol–water partition coefficient (Wildman–Crippen LogP) is 14.9. The molecule has 4 bridgehead atoms. The number of fused-ring (bicyclic) bond motifs is 8. The largest absolute Gasteiger partial charge is 0.308 e. The first-order valence-corrected chi connectivity index (χ1v) is 24.5. The van der Waals surface area contributed by atoms with E-state index in [-0.39, 0.29) is 46.1 Å². The average molecular weight is 870 g/mol. The predicted molar refractivity (Wildman–Crippen MR) is 273 cm³/mol. The Morgan fingerprint density at radius 1 is 0.397 bits per heavy atom. The van der Waals surface area contributed by atoms with Gasteiger partial charge < -0.3 is 4.40 Å². The van der Waals surface area contributed by atoms with E-state index in [1.807, 2.05) is 0 Å². The molecule has 8 aliphatic rings. The Kier molecular flexibility index (Phi) is 6.11. The molecule has 68 heavy (non-hydrogen) atoms. The second kappa shape index (κ2) is 11.4. The van der Waals surface area contributed by atoms with Crippen LogP contribution in [0.2, 0.25) is 0 Å². The molecule has 3 heteroatoms. The highest BCUT2D eigenvalue weighted by molar-refractivity contribution is 6.31. The molecule has 8 aliphatic carbocycles. The average Bonchev–Trinajstić information content (AvgIpc) is 3.82. The second-order valence-corrected chi connectivity index (χ2v) is 22.0. The molecule has 0 saturated carbocycles. The molecule has 0 N–H and O–H groups in total. The van der Waals surface area contributed by atoms with Crippen LogP contribution in [0.25, 0.3) is 60.0 Å². The SMILES string of the molecule is Cc1cc2c3c4c(cccc14)C(C)(C)c1c-3c(c3c4cc5c(cc4n4c6cc7c(cc6c1c34)C1c3ccccc3C(C7=O)c3ccccc31)C(=O)C1c3ccccc3C5c3ccccc31)C2(C)C. The highest BCUT2D eigenvalue weighted by Crippen LogP contribution is 2.66. The summed E-state index contributed by atoms with van der Waals surface area (Å²) < 4.78 is 2.50. The molecular formula is C65H43NO2. The molecule has 0 spiro atoms. The number of ketones is 2. The number of benzene rings is 9. The summed E-state index contributed by atoms with van der Waals surface area (Å²) in [4.78, 5) is 31.2. The third-order valence-corrected chi connectivity index (χ3v) is 18.4. The van der Waals surface area contributed by atoms with Crippen molar-refractivity contribution in [2.75, 3.05) is 0 Å². The normalized spacial score (nSPS) is 21.0. The molecule has 0 radical (unpaired) electrons. The van der Waals surface area contributed by atoms with Crippen LogP contribution < -0.4 is 0 Å². The van der Waals surface area contributed by atoms with Crippen molar-refractivity contribution < 1.29 is 9.59 Å². The molecule has 2 aromatic heterocycles. The minimum atomic E-state index is -0.376. The lowest BCUT2D eigenvalue weighted by molar-refractivity contribution is 0.0966. The van der Waals surface area contributed by atoms with Crippen molar-refractivity contribution >= 4 is 60.4 Å². The van der Waals surface area contributed by atoms with Crippen molar-refractivity contribution in [3.63, 3.8) is 0 Å². The first-order valence-electron chi connectivity index (χ1n) is 24.5. The molecular weight excluding hydrogens is 827 g/mol. The maximum atomic E-state index is 15.6. The van der Waals surface area contributed by atoms with Crippen LogP contribution in [-0.2, 0) is 10.8 Å². The number of hydrogen-bond donors (Lipinski definition) is 0. The molecule has 3 nitrogen and oxygen atoms in total. The molecule has 0 saturated heterocycles. The minimum Gasteiger partial charge on any atom is -0.308 e. The summed E-state index contributed by atoms with van der Waals surface area (Å²) in [5.41, 5.74) is 25.4. The standard InChI is InChI=1S/C65H43NO2/c1-30-25-47-57-54-31(30)23-14-24-46(54)64(2,3)59-55-44-26-40-42(62(67)52-36-19-10-6-15-32(36)50(40)33-16-7-11-20-37(33)52)28-48(44)66-49-29-43-41(27-45(49)56(61(55)66)60(58(57)59)65(47,4)5)51-34-17-8-12-21-38(34)53(63(43)68)39-22-13-9-18-35(39)51/h6-29,50-53H,1-5H3. The molecule has 19 rings (SSSR count). The molecule has 0 amide bonds. The zero-order chi connectivity index (χ0) is 45.2. The molecule has 0 unspecified atom stereocenters. The smallest absolute Gasteiger partial charge is 0.175 e. The van der Waals surface area contributed by atoms with Gasteiger partial charge in [-0.2, -0.15) is 0 Å². The molecule has 320 valence electrons. The van der Waals surface area contributed by atoms with Crippen molar-refractivity contribution in [3.8, 4) is 11.1 Å². The molecule has 11 aromatic rings. The Balaban J connectivity index is 1.10. The Bertz CT molecular complexity index is 4250. The Morgan fingerprint density at radius 2 is 0.809 bits per heavy atom. The Labute approximate surface area is 393 Å². The lowest BCUT2D eigenvalue weighted by atomic mass is 9.66. The fraction of sp³-hybridized carbons (Fsp3) is 0.169. The summed E-state index contributed by atoms with van der Waals surface area (Å²) >= 11 is 0. The van der Waals surface area contributed by atoms with E-state index in [1.165, 1.54) is 99.0 Å². The third kappa shape index (κ3) is 3.75. The number of aromatic nitrogens is 1. The van der Waals surface area contributed by atoms with Gasteiger partial charge in [-0.25, -0.2) is 0 Å². The van der Waals surface area contributed by atoms with Gasteiger partial charge >= 0.3 is 0 Å². The number of aryl methyl sites for hydroxylation is 1. The van der Waals surface area contributed by atoms with Gasteiger partial charge in [0.25, 0.3) is 0 Å². The highest BCUT2D eigenvalue weighted by Gasteiger charge is 2.50. The maximum absolute atomic E-state index is 15.6. The third-order valence-electron chi connectivity index (χ3n) is 18.4. The summed E-state index contributed by atoms with van der Waals surface area (Å²) in [6, 6.07) is 53.6. The van der Waals surface area contributed by atoms with Gasteiger partial charge in [-0.05, 0) is 137 Å². The van der Waals surface area contributed by atoms with Crippen LogP contribution >= 0.6 is 0 Å². The van der Waals surface area contributed by atoms with Crippen LogP contribution in [0.15, 0.2) is 146 Å². The second-order valence-electron chi connectivity index (χ2n) is 22.0. The van der Waals surface area contributed by atoms with Crippen LogP contribution in [0.5, 0.6) is 0 Å². The fourth-order valence-corrected chi connectivity index (χ4v) is 15.8. The number of rotatable bonds is 0. The van der Waals surface area contributed by atoms with Crippen molar-refractivity contribution in [3.05, 3.63) is 240 Å². The summed E-state index contributed by atoms with van der Waals surface area (Å²) in [6.07, 6.45) is 0. The van der Waals surface area contributed by atoms with Crippen LogP contribution in [-0.4, -0.2) is 16.0 Å². The van der Waals surface area contributed by atoms with Gasteiger partial charge in [-0.1, -0.05) is 149 Å². The minimum absolute atomic E-state index is 0.0748. The number of carbonyl (C=O) groups excluding carboxylic acids is 2. The van der Waals surface area contributed by atoms with E-state index < -0.39 is 0 Å². The zero-order valence-corrected chi connectivity index (χ0v) is 38.4. The number of hydrogen-bond acceptors (Lipinski definition) is 2. The molecule has 0 fully saturated rings. The van der Waals surface area contributed by atoms with E-state index in [0.717, 1.165) is 55.5 Å². The lowest BCUT2D eigenvalue weighted by Crippen LogP contribution is -2.24. The topological polar surface area (TPSA) is 38.5 Å². The summed E-state index contributed by atoms with van der Waals surface area (Å²) in [7, 11) is 0. The Morgan fingerprint density at radius 3 is 1.25 bits per heavy atom. The van der Waals surface area contributed by atoms with E-state index in [0.29, 0.717) is 0 Å². The number of nitrogens with zero attached hydrogens (tertiary/aromatic N) is 1. The van der Waals surface area contributed by atoms with Gasteiger partial charge in [-0.15, -0.1) is 0 Å². The van der Waals surface area contributed by atoms with Crippen molar-refractivity contribution in [1.82, 2.24) is 4.40 Å². The quantitative estimate of drug-likeness (QED) is 0.152. The molecule has 0 atom stereocenters. The summed E-state index contributed by atoms with van der Waals surface area (Å²) in [5, 5.41) is 7.64. The van der Waals surface area contributed by atoms with E-state index in [2.05, 4.69) is 185 Å². The van der Waals surface area contributed by atoms with E-state index >= 15 is 9.59 Å². The first kappa shape index (κ1) is 36.5. The van der Waals surface area contributed by atoms with Crippen molar-refractivity contribution in [1.29, 1.82) is 0 Å². The van der Waals surface area contributed by atoms with Crippen LogP contribution in [0.4, 0.5) is 0 Å². The number of carbonyl (C=O) groups is 2. The highest BCUT2D eigenvalue weighted by atomic mass is 16.1. The van der Waals surface area contributed by atoms with Gasteiger partial charge in [0.2, 0.25) is 0 Å². The first-order chi connectivity index (χ1) is 33.1. The van der Waals surface area contributed by atoms with Crippen LogP contribution in [0.1, 0.15) is 156 Å². The maximum Gasteiger partial charge on any atom is 0.175 e. The number of Topliss-reactive ketones (excluding diaryl/α,β-unsaturated/α-hetero) is 2. The van der Waals surface area contributed by atoms with Gasteiger partial charge in [0, 0.05) is 55.3 Å².